The molecule has 0 aromatic heterocycles. The minimum Gasteiger partial charge on any atom is -0.497 e. The molecule has 1 aliphatic heterocycles. The van der Waals surface area contributed by atoms with Crippen molar-refractivity contribution in [3.8, 4) is 11.5 Å². The Morgan fingerprint density at radius 2 is 1.85 bits per heavy atom. The van der Waals surface area contributed by atoms with Crippen molar-refractivity contribution in [2.75, 3.05) is 53.0 Å². The average Bonchev–Trinajstić information content (AvgIpc) is 2.82. The van der Waals surface area contributed by atoms with Crippen LogP contribution in [-0.2, 0) is 4.74 Å². The van der Waals surface area contributed by atoms with E-state index in [1.54, 1.807) is 7.11 Å². The Kier molecular flexibility index (Phi) is 9.54. The highest BCUT2D eigenvalue weighted by Crippen LogP contribution is 2.17. The van der Waals surface area contributed by atoms with Gasteiger partial charge >= 0.3 is 0 Å². The van der Waals surface area contributed by atoms with Crippen molar-refractivity contribution in [3.05, 3.63) is 60.2 Å². The third kappa shape index (κ3) is 8.03. The first-order valence-electron chi connectivity index (χ1n) is 11.6. The molecule has 7 nitrogen and oxygen atoms in total. The Morgan fingerprint density at radius 3 is 2.52 bits per heavy atom. The number of carbonyl (C=O) groups excluding carboxylic acids is 1. The fourth-order valence-electron chi connectivity index (χ4n) is 3.96. The molecular weight excluding hydrogens is 420 g/mol. The number of nitrogens with zero attached hydrogens (tertiary/aromatic N) is 2. The molecule has 180 valence electrons. The first kappa shape index (κ1) is 25.0. The second kappa shape index (κ2) is 12.6. The van der Waals surface area contributed by atoms with Crippen LogP contribution in [-0.4, -0.2) is 86.1 Å². The van der Waals surface area contributed by atoms with Gasteiger partial charge in [-0.15, -0.1) is 0 Å². The molecule has 7 heteroatoms. The number of methoxy groups -OCH3 is 1. The first-order chi connectivity index (χ1) is 15.9. The summed E-state index contributed by atoms with van der Waals surface area (Å²) < 4.78 is 16.8. The molecule has 1 N–H and O–H groups in total. The SMILES string of the molecule is COc1ccc(OCC(O)CN2CCOC(CN(CC(C)C)C(=O)c3ccccc3)C2)cc1. The van der Waals surface area contributed by atoms with E-state index in [-0.39, 0.29) is 18.6 Å². The van der Waals surface area contributed by atoms with Crippen molar-refractivity contribution >= 4 is 5.91 Å². The molecule has 0 spiro atoms. The van der Waals surface area contributed by atoms with Gasteiger partial charge < -0.3 is 24.2 Å². The molecule has 0 radical (unpaired) electrons. The summed E-state index contributed by atoms with van der Waals surface area (Å²) >= 11 is 0. The monoisotopic (exact) mass is 456 g/mol. The molecule has 1 saturated heterocycles. The molecule has 1 heterocycles. The molecule has 2 aromatic rings. The summed E-state index contributed by atoms with van der Waals surface area (Å²) in [6.07, 6.45) is -0.719. The van der Waals surface area contributed by atoms with Crippen LogP contribution in [0.2, 0.25) is 0 Å². The number of β-amino-alcohol motifs (C(OH)–C–C–N with tert-alkyl or cyclic N) is 1. The minimum absolute atomic E-state index is 0.0259. The summed E-state index contributed by atoms with van der Waals surface area (Å²) in [7, 11) is 1.62. The molecule has 2 atom stereocenters. The topological polar surface area (TPSA) is 71.5 Å². The summed E-state index contributed by atoms with van der Waals surface area (Å²) in [6, 6.07) is 16.7. The molecule has 0 saturated carbocycles. The number of hydrogen-bond donors (Lipinski definition) is 1. The molecule has 2 aromatic carbocycles. The van der Waals surface area contributed by atoms with Crippen LogP contribution in [0.1, 0.15) is 24.2 Å². The van der Waals surface area contributed by atoms with Gasteiger partial charge in [-0.3, -0.25) is 9.69 Å². The highest BCUT2D eigenvalue weighted by atomic mass is 16.5. The predicted molar refractivity (Wildman–Crippen MR) is 128 cm³/mol. The van der Waals surface area contributed by atoms with Crippen LogP contribution >= 0.6 is 0 Å². The Hall–Kier alpha value is -2.61. The molecule has 1 aliphatic rings. The lowest BCUT2D eigenvalue weighted by Crippen LogP contribution is -2.51. The molecule has 1 fully saturated rings. The van der Waals surface area contributed by atoms with E-state index in [4.69, 9.17) is 14.2 Å². The van der Waals surface area contributed by atoms with E-state index in [9.17, 15) is 9.90 Å². The van der Waals surface area contributed by atoms with Gasteiger partial charge in [0.15, 0.2) is 0 Å². The second-order valence-corrected chi connectivity index (χ2v) is 8.86. The first-order valence-corrected chi connectivity index (χ1v) is 11.6. The highest BCUT2D eigenvalue weighted by molar-refractivity contribution is 5.94. The smallest absolute Gasteiger partial charge is 0.253 e. The van der Waals surface area contributed by atoms with Crippen LogP contribution in [0.25, 0.3) is 0 Å². The minimum atomic E-state index is -0.622. The second-order valence-electron chi connectivity index (χ2n) is 8.86. The number of amides is 1. The van der Waals surface area contributed by atoms with Crippen LogP contribution in [0, 0.1) is 5.92 Å². The third-order valence-corrected chi connectivity index (χ3v) is 5.51. The van der Waals surface area contributed by atoms with E-state index in [2.05, 4.69) is 18.7 Å². The van der Waals surface area contributed by atoms with Gasteiger partial charge in [0, 0.05) is 38.3 Å². The number of ether oxygens (including phenoxy) is 3. The molecule has 3 rings (SSSR count). The van der Waals surface area contributed by atoms with Gasteiger partial charge in [-0.25, -0.2) is 0 Å². The van der Waals surface area contributed by atoms with Crippen LogP contribution in [0.3, 0.4) is 0 Å². The van der Waals surface area contributed by atoms with Gasteiger partial charge in [0.1, 0.15) is 24.2 Å². The Labute approximate surface area is 196 Å². The van der Waals surface area contributed by atoms with E-state index in [0.717, 1.165) is 12.3 Å². The number of hydrogen-bond acceptors (Lipinski definition) is 6. The quantitative estimate of drug-likeness (QED) is 0.561. The van der Waals surface area contributed by atoms with Crippen molar-refractivity contribution < 1.29 is 24.1 Å². The van der Waals surface area contributed by atoms with Crippen molar-refractivity contribution in [3.63, 3.8) is 0 Å². The molecule has 1 amide bonds. The summed E-state index contributed by atoms with van der Waals surface area (Å²) in [6.45, 7) is 8.10. The average molecular weight is 457 g/mol. The summed E-state index contributed by atoms with van der Waals surface area (Å²) in [5.74, 6) is 1.84. The number of carbonyl (C=O) groups is 1. The maximum Gasteiger partial charge on any atom is 0.253 e. The van der Waals surface area contributed by atoms with Gasteiger partial charge in [-0.05, 0) is 42.3 Å². The van der Waals surface area contributed by atoms with Gasteiger partial charge in [-0.1, -0.05) is 32.0 Å². The van der Waals surface area contributed by atoms with Crippen molar-refractivity contribution in [1.29, 1.82) is 0 Å². The third-order valence-electron chi connectivity index (χ3n) is 5.51. The van der Waals surface area contributed by atoms with Gasteiger partial charge in [0.05, 0.1) is 19.8 Å². The van der Waals surface area contributed by atoms with Crippen LogP contribution in [0.4, 0.5) is 0 Å². The fraction of sp³-hybridized carbons (Fsp3) is 0.500. The van der Waals surface area contributed by atoms with Gasteiger partial charge in [0.25, 0.3) is 5.91 Å². The largest absolute Gasteiger partial charge is 0.497 e. The highest BCUT2D eigenvalue weighted by Gasteiger charge is 2.27. The van der Waals surface area contributed by atoms with Crippen LogP contribution in [0.15, 0.2) is 54.6 Å². The number of benzene rings is 2. The Bertz CT molecular complexity index is 844. The lowest BCUT2D eigenvalue weighted by Gasteiger charge is -2.37. The Balaban J connectivity index is 1.50. The van der Waals surface area contributed by atoms with Crippen molar-refractivity contribution in [1.82, 2.24) is 9.80 Å². The van der Waals surface area contributed by atoms with E-state index < -0.39 is 6.10 Å². The summed E-state index contributed by atoms with van der Waals surface area (Å²) in [4.78, 5) is 17.1. The van der Waals surface area contributed by atoms with E-state index in [1.807, 2.05) is 59.5 Å². The van der Waals surface area contributed by atoms with Crippen molar-refractivity contribution in [2.45, 2.75) is 26.1 Å². The number of rotatable bonds is 11. The lowest BCUT2D eigenvalue weighted by atomic mass is 10.1. The molecule has 33 heavy (non-hydrogen) atoms. The predicted octanol–water partition coefficient (Wildman–Crippen LogP) is 2.93. The summed E-state index contributed by atoms with van der Waals surface area (Å²) in [5, 5.41) is 10.5. The molecule has 2 unspecified atom stereocenters. The fourth-order valence-corrected chi connectivity index (χ4v) is 3.96. The maximum absolute atomic E-state index is 13.1. The molecular formula is C26H36N2O5. The van der Waals surface area contributed by atoms with Gasteiger partial charge in [0.2, 0.25) is 0 Å². The Morgan fingerprint density at radius 1 is 1.15 bits per heavy atom. The molecule has 0 aliphatic carbocycles. The standard InChI is InChI=1S/C26H36N2O5/c1-20(2)15-28(26(30)21-7-5-4-6-8-21)18-25-17-27(13-14-32-25)16-22(29)19-33-24-11-9-23(31-3)10-12-24/h4-12,20,22,25,29H,13-19H2,1-3H3. The zero-order valence-corrected chi connectivity index (χ0v) is 19.9. The van der Waals surface area contributed by atoms with E-state index in [1.165, 1.54) is 0 Å². The zero-order valence-electron chi connectivity index (χ0n) is 19.9. The lowest BCUT2D eigenvalue weighted by molar-refractivity contribution is -0.0542. The van der Waals surface area contributed by atoms with E-state index in [0.29, 0.717) is 50.0 Å². The number of morpholine rings is 1. The molecule has 0 bridgehead atoms. The normalized spacial score (nSPS) is 17.5. The number of aliphatic hydroxyl groups excluding tert-OH is 1. The van der Waals surface area contributed by atoms with E-state index >= 15 is 0 Å². The van der Waals surface area contributed by atoms with Crippen LogP contribution in [0.5, 0.6) is 11.5 Å². The maximum atomic E-state index is 13.1. The van der Waals surface area contributed by atoms with Crippen LogP contribution < -0.4 is 9.47 Å². The zero-order chi connectivity index (χ0) is 23.6. The number of aliphatic hydroxyl groups is 1. The van der Waals surface area contributed by atoms with Crippen molar-refractivity contribution in [2.24, 2.45) is 5.92 Å². The summed E-state index contributed by atoms with van der Waals surface area (Å²) in [5.41, 5.74) is 0.692. The van der Waals surface area contributed by atoms with Gasteiger partial charge in [-0.2, -0.15) is 0 Å².